The van der Waals surface area contributed by atoms with E-state index in [1.165, 1.54) is 21.3 Å². The van der Waals surface area contributed by atoms with Gasteiger partial charge in [0, 0.05) is 25.2 Å². The minimum atomic E-state index is -3.69. The first-order chi connectivity index (χ1) is 12.2. The third kappa shape index (κ3) is 3.91. The topological polar surface area (TPSA) is 95.0 Å². The molecular formula is C18H26N2O5S. The number of hydrogen-bond acceptors (Lipinski definition) is 4. The first-order valence-electron chi connectivity index (χ1n) is 8.88. The number of sulfonamides is 1. The van der Waals surface area contributed by atoms with E-state index in [1.807, 2.05) is 0 Å². The first-order valence-corrected chi connectivity index (χ1v) is 10.3. The van der Waals surface area contributed by atoms with Crippen molar-refractivity contribution in [3.05, 3.63) is 29.3 Å². The van der Waals surface area contributed by atoms with Gasteiger partial charge in [0.05, 0.1) is 4.90 Å². The van der Waals surface area contributed by atoms with Gasteiger partial charge >= 0.3 is 5.97 Å². The highest BCUT2D eigenvalue weighted by atomic mass is 32.2. The minimum absolute atomic E-state index is 0.0547. The minimum Gasteiger partial charge on any atom is -0.480 e. The Morgan fingerprint density at radius 3 is 2.46 bits per heavy atom. The maximum Gasteiger partial charge on any atom is 0.326 e. The number of carboxylic acid groups (broad SMARTS) is 1. The maximum atomic E-state index is 13.0. The number of hydrogen-bond donors (Lipinski definition) is 1. The summed E-state index contributed by atoms with van der Waals surface area (Å²) in [6.45, 7) is 6.27. The van der Waals surface area contributed by atoms with Crippen LogP contribution in [0.25, 0.3) is 0 Å². The summed E-state index contributed by atoms with van der Waals surface area (Å²) in [4.78, 5) is 25.9. The van der Waals surface area contributed by atoms with Gasteiger partial charge in [0.2, 0.25) is 10.0 Å². The molecule has 1 amide bonds. The number of nitrogens with zero attached hydrogens (tertiary/aromatic N) is 2. The lowest BCUT2D eigenvalue weighted by molar-refractivity contribution is -0.143. The van der Waals surface area contributed by atoms with Gasteiger partial charge in [0.25, 0.3) is 5.91 Å². The lowest BCUT2D eigenvalue weighted by Crippen LogP contribution is -2.48. The van der Waals surface area contributed by atoms with Gasteiger partial charge < -0.3 is 10.0 Å². The van der Waals surface area contributed by atoms with Crippen molar-refractivity contribution < 1.29 is 23.1 Å². The van der Waals surface area contributed by atoms with Crippen LogP contribution in [-0.4, -0.2) is 60.3 Å². The van der Waals surface area contributed by atoms with E-state index in [-0.39, 0.29) is 10.5 Å². The van der Waals surface area contributed by atoms with Crippen LogP contribution in [0.5, 0.6) is 0 Å². The Kier molecular flexibility index (Phi) is 6.41. The zero-order valence-corrected chi connectivity index (χ0v) is 16.3. The highest BCUT2D eigenvalue weighted by Gasteiger charge is 2.33. The Balaban J connectivity index is 2.44. The predicted octanol–water partition coefficient (Wildman–Crippen LogP) is 2.10. The molecule has 0 bridgehead atoms. The smallest absolute Gasteiger partial charge is 0.326 e. The third-order valence-corrected chi connectivity index (χ3v) is 6.88. The van der Waals surface area contributed by atoms with Crippen LogP contribution >= 0.6 is 0 Å². The molecule has 26 heavy (non-hydrogen) atoms. The fraction of sp³-hybridized carbons (Fsp3) is 0.556. The summed E-state index contributed by atoms with van der Waals surface area (Å²) in [5.41, 5.74) is 0.870. The number of carbonyl (C=O) groups is 2. The zero-order chi connectivity index (χ0) is 19.5. The van der Waals surface area contributed by atoms with E-state index in [1.54, 1.807) is 26.8 Å². The van der Waals surface area contributed by atoms with E-state index in [0.717, 1.165) is 12.8 Å². The molecule has 1 aromatic carbocycles. The van der Waals surface area contributed by atoms with Crippen molar-refractivity contribution in [1.82, 2.24) is 9.21 Å². The van der Waals surface area contributed by atoms with E-state index >= 15 is 0 Å². The molecule has 1 fully saturated rings. The Bertz CT molecular complexity index is 787. The number of benzene rings is 1. The number of piperidine rings is 1. The molecule has 144 valence electrons. The second kappa shape index (κ2) is 8.18. The van der Waals surface area contributed by atoms with Crippen molar-refractivity contribution in [1.29, 1.82) is 0 Å². The summed E-state index contributed by atoms with van der Waals surface area (Å²) in [7, 11) is -3.69. The number of amides is 1. The average molecular weight is 382 g/mol. The van der Waals surface area contributed by atoms with Crippen LogP contribution in [0, 0.1) is 6.92 Å². The van der Waals surface area contributed by atoms with Crippen molar-refractivity contribution in [2.45, 2.75) is 51.0 Å². The van der Waals surface area contributed by atoms with Gasteiger partial charge in [-0.1, -0.05) is 19.9 Å². The average Bonchev–Trinajstić information content (AvgIpc) is 2.62. The Hall–Kier alpha value is -1.93. The largest absolute Gasteiger partial charge is 0.480 e. The molecule has 1 aliphatic heterocycles. The zero-order valence-electron chi connectivity index (χ0n) is 15.4. The normalized spacial score (nSPS) is 18.2. The summed E-state index contributed by atoms with van der Waals surface area (Å²) in [6, 6.07) is 3.60. The van der Waals surface area contributed by atoms with Gasteiger partial charge in [-0.05, 0) is 43.9 Å². The molecule has 8 heteroatoms. The highest BCUT2D eigenvalue weighted by Crippen LogP contribution is 2.24. The third-order valence-electron chi connectivity index (χ3n) is 4.83. The summed E-state index contributed by atoms with van der Waals surface area (Å²) in [6.07, 6.45) is 1.92. The Morgan fingerprint density at radius 1 is 1.23 bits per heavy atom. The quantitative estimate of drug-likeness (QED) is 0.813. The van der Waals surface area contributed by atoms with Crippen molar-refractivity contribution in [3.8, 4) is 0 Å². The van der Waals surface area contributed by atoms with Crippen LogP contribution in [-0.2, 0) is 14.8 Å². The van der Waals surface area contributed by atoms with Crippen molar-refractivity contribution in [3.63, 3.8) is 0 Å². The van der Waals surface area contributed by atoms with Crippen molar-refractivity contribution in [2.24, 2.45) is 0 Å². The number of carbonyl (C=O) groups excluding carboxylic acids is 1. The molecule has 1 aliphatic rings. The lowest BCUT2D eigenvalue weighted by Gasteiger charge is -2.33. The fourth-order valence-corrected chi connectivity index (χ4v) is 4.78. The highest BCUT2D eigenvalue weighted by molar-refractivity contribution is 7.89. The maximum absolute atomic E-state index is 13.0. The second-order valence-corrected chi connectivity index (χ2v) is 8.35. The molecule has 1 aromatic rings. The lowest BCUT2D eigenvalue weighted by atomic mass is 9.99. The molecule has 0 unspecified atom stereocenters. The van der Waals surface area contributed by atoms with Crippen LogP contribution in [0.2, 0.25) is 0 Å². The second-order valence-electron chi connectivity index (χ2n) is 6.41. The van der Waals surface area contributed by atoms with Gasteiger partial charge in [-0.2, -0.15) is 4.31 Å². The van der Waals surface area contributed by atoms with E-state index in [0.29, 0.717) is 31.6 Å². The molecule has 0 aromatic heterocycles. The monoisotopic (exact) mass is 382 g/mol. The number of aliphatic carboxylic acids is 1. The number of carboxylic acids is 1. The van der Waals surface area contributed by atoms with E-state index in [9.17, 15) is 23.1 Å². The fourth-order valence-electron chi connectivity index (χ4n) is 3.29. The summed E-state index contributed by atoms with van der Waals surface area (Å²) < 4.78 is 26.8. The van der Waals surface area contributed by atoms with Gasteiger partial charge in [-0.25, -0.2) is 13.2 Å². The molecule has 0 radical (unpaired) electrons. The number of aryl methyl sites for hydroxylation is 1. The molecule has 7 nitrogen and oxygen atoms in total. The predicted molar refractivity (Wildman–Crippen MR) is 97.6 cm³/mol. The first kappa shape index (κ1) is 20.4. The molecule has 1 saturated heterocycles. The molecule has 1 N–H and O–H groups in total. The summed E-state index contributed by atoms with van der Waals surface area (Å²) in [5, 5.41) is 9.40. The molecule has 0 spiro atoms. The summed E-state index contributed by atoms with van der Waals surface area (Å²) >= 11 is 0. The van der Waals surface area contributed by atoms with Gasteiger partial charge in [-0.15, -0.1) is 0 Å². The number of likely N-dealkylation sites (tertiary alicyclic amines) is 1. The van der Waals surface area contributed by atoms with Gasteiger partial charge in [-0.3, -0.25) is 4.79 Å². The van der Waals surface area contributed by atoms with Crippen LogP contribution < -0.4 is 0 Å². The van der Waals surface area contributed by atoms with Crippen molar-refractivity contribution >= 4 is 21.9 Å². The Labute approximate surface area is 154 Å². The molecular weight excluding hydrogens is 356 g/mol. The van der Waals surface area contributed by atoms with Crippen molar-refractivity contribution in [2.75, 3.05) is 19.6 Å². The molecule has 1 atom stereocenters. The SMILES string of the molecule is CCN(CC)S(=O)(=O)c1ccc(C)c(C(=O)N2CCCC[C@@H]2C(=O)O)c1. The molecule has 2 rings (SSSR count). The molecule has 1 heterocycles. The molecule has 0 saturated carbocycles. The van der Waals surface area contributed by atoms with E-state index in [2.05, 4.69) is 0 Å². The number of rotatable bonds is 6. The van der Waals surface area contributed by atoms with E-state index < -0.39 is 27.9 Å². The van der Waals surface area contributed by atoms with Gasteiger partial charge in [0.15, 0.2) is 0 Å². The summed E-state index contributed by atoms with van der Waals surface area (Å²) in [5.74, 6) is -1.45. The van der Waals surface area contributed by atoms with Crippen LogP contribution in [0.15, 0.2) is 23.1 Å². The van der Waals surface area contributed by atoms with Crippen LogP contribution in [0.1, 0.15) is 49.0 Å². The van der Waals surface area contributed by atoms with E-state index in [4.69, 9.17) is 0 Å². The van der Waals surface area contributed by atoms with Crippen LogP contribution in [0.3, 0.4) is 0 Å². The van der Waals surface area contributed by atoms with Gasteiger partial charge in [0.1, 0.15) is 6.04 Å². The Morgan fingerprint density at radius 2 is 1.88 bits per heavy atom. The van der Waals surface area contributed by atoms with Crippen LogP contribution in [0.4, 0.5) is 0 Å². The molecule has 0 aliphatic carbocycles. The standard InChI is InChI=1S/C18H26N2O5S/c1-4-19(5-2)26(24,25)14-10-9-13(3)15(12-14)17(21)20-11-7-6-8-16(20)18(22)23/h9-10,12,16H,4-8,11H2,1-3H3,(H,22,23)/t16-/m1/s1.